The predicted molar refractivity (Wildman–Crippen MR) is 183 cm³/mol. The van der Waals surface area contributed by atoms with E-state index >= 15 is 0 Å². The molecule has 4 amide bonds. The molecule has 1 N–H and O–H groups in total. The number of hydrogen-bond acceptors (Lipinski definition) is 8. The molecule has 0 aliphatic carbocycles. The molecule has 5 rings (SSSR count). The summed E-state index contributed by atoms with van der Waals surface area (Å²) >= 11 is 0. The summed E-state index contributed by atoms with van der Waals surface area (Å²) in [6.45, 7) is 9.19. The summed E-state index contributed by atoms with van der Waals surface area (Å²) in [4.78, 5) is 68.4. The highest BCUT2D eigenvalue weighted by Crippen LogP contribution is 2.26. The van der Waals surface area contributed by atoms with Crippen molar-refractivity contribution >= 4 is 29.6 Å². The number of likely N-dealkylation sites (tertiary alicyclic amines) is 1. The monoisotopic (exact) mass is 675 g/mol. The molecule has 2 saturated heterocycles. The molecule has 2 aliphatic heterocycles. The molecule has 2 aromatic heterocycles. The van der Waals surface area contributed by atoms with Gasteiger partial charge in [-0.1, -0.05) is 30.3 Å². The number of likely N-dealkylation sites (N-methyl/N-ethyl adjacent to an activating group) is 1. The maximum atomic E-state index is 14.5. The van der Waals surface area contributed by atoms with Gasteiger partial charge in [0.2, 0.25) is 17.6 Å². The maximum absolute atomic E-state index is 14.5. The molecule has 0 radical (unpaired) electrons. The minimum atomic E-state index is -0.870. The number of rotatable bonds is 11. The molecule has 4 heterocycles. The van der Waals surface area contributed by atoms with Crippen LogP contribution in [0, 0.1) is 5.92 Å². The number of ether oxygens (including phenoxy) is 2. The number of nitrogens with zero attached hydrogens (tertiary/aromatic N) is 6. The van der Waals surface area contributed by atoms with Crippen LogP contribution in [0.5, 0.6) is 0 Å². The SMILES string of the molecule is CC(C(=O)NC(C(=O)N1CCCC1CN(CCc1ccccc1)C(=O)c1cn2cccnc2n1)C1CCOCC1)N(C)C(=O)OC(C)(C)C. The van der Waals surface area contributed by atoms with Crippen LogP contribution >= 0.6 is 0 Å². The van der Waals surface area contributed by atoms with E-state index in [0.29, 0.717) is 57.9 Å². The second kappa shape index (κ2) is 15.8. The van der Waals surface area contributed by atoms with Crippen LogP contribution < -0.4 is 5.32 Å². The Kier molecular flexibility index (Phi) is 11.5. The van der Waals surface area contributed by atoms with Gasteiger partial charge < -0.3 is 24.6 Å². The fourth-order valence-electron chi connectivity index (χ4n) is 6.40. The van der Waals surface area contributed by atoms with E-state index in [-0.39, 0.29) is 29.5 Å². The average Bonchev–Trinajstić information content (AvgIpc) is 3.75. The zero-order chi connectivity index (χ0) is 35.1. The summed E-state index contributed by atoms with van der Waals surface area (Å²) in [6.07, 6.45) is 7.88. The van der Waals surface area contributed by atoms with Crippen LogP contribution in [0.25, 0.3) is 5.78 Å². The Labute approximate surface area is 287 Å². The van der Waals surface area contributed by atoms with Crippen molar-refractivity contribution in [1.82, 2.24) is 34.4 Å². The van der Waals surface area contributed by atoms with Crippen LogP contribution in [0.2, 0.25) is 0 Å². The van der Waals surface area contributed by atoms with Crippen LogP contribution in [0.3, 0.4) is 0 Å². The Morgan fingerprint density at radius 2 is 1.82 bits per heavy atom. The Morgan fingerprint density at radius 1 is 1.08 bits per heavy atom. The van der Waals surface area contributed by atoms with Gasteiger partial charge in [-0.15, -0.1) is 0 Å². The number of aromatic nitrogens is 3. The standard InChI is InChI=1S/C36H49N7O6/c1-25(40(5)35(47)49-36(2,3)4)31(44)39-30(27-15-21-48-22-16-27)33(46)43-19-9-13-28(43)23-41(20-14-26-11-7-6-8-12-26)32(45)29-24-42-18-10-17-37-34(42)38-29/h6-8,10-12,17-18,24-25,27-28,30H,9,13-16,19-23H2,1-5H3,(H,39,44). The molecule has 0 saturated carbocycles. The zero-order valence-electron chi connectivity index (χ0n) is 29.2. The van der Waals surface area contributed by atoms with Crippen molar-refractivity contribution in [2.24, 2.45) is 5.92 Å². The third kappa shape index (κ3) is 9.14. The molecule has 3 unspecified atom stereocenters. The number of amides is 4. The first-order valence-electron chi connectivity index (χ1n) is 17.2. The van der Waals surface area contributed by atoms with Crippen molar-refractivity contribution in [1.29, 1.82) is 0 Å². The third-order valence-corrected chi connectivity index (χ3v) is 9.29. The number of benzene rings is 1. The van der Waals surface area contributed by atoms with Crippen LogP contribution in [-0.4, -0.2) is 117 Å². The number of carbonyl (C=O) groups excluding carboxylic acids is 4. The summed E-state index contributed by atoms with van der Waals surface area (Å²) < 4.78 is 12.8. The van der Waals surface area contributed by atoms with Crippen LogP contribution in [-0.2, 0) is 25.5 Å². The molecule has 13 heteroatoms. The van der Waals surface area contributed by atoms with Gasteiger partial charge in [0, 0.05) is 64.5 Å². The minimum Gasteiger partial charge on any atom is -0.444 e. The first-order valence-corrected chi connectivity index (χ1v) is 17.2. The number of hydrogen-bond donors (Lipinski definition) is 1. The fourth-order valence-corrected chi connectivity index (χ4v) is 6.40. The largest absolute Gasteiger partial charge is 0.444 e. The number of nitrogens with one attached hydrogen (secondary N) is 1. The van der Waals surface area contributed by atoms with E-state index in [4.69, 9.17) is 9.47 Å². The first kappa shape index (κ1) is 35.8. The topological polar surface area (TPSA) is 139 Å². The average molecular weight is 676 g/mol. The normalized spacial score (nSPS) is 18.1. The van der Waals surface area contributed by atoms with Crippen molar-refractivity contribution in [3.8, 4) is 0 Å². The first-order chi connectivity index (χ1) is 23.4. The zero-order valence-corrected chi connectivity index (χ0v) is 29.2. The van der Waals surface area contributed by atoms with Gasteiger partial charge in [0.25, 0.3) is 5.91 Å². The van der Waals surface area contributed by atoms with E-state index in [1.54, 1.807) is 61.7 Å². The van der Waals surface area contributed by atoms with Crippen molar-refractivity contribution in [3.05, 3.63) is 66.2 Å². The van der Waals surface area contributed by atoms with E-state index < -0.39 is 29.7 Å². The highest BCUT2D eigenvalue weighted by atomic mass is 16.6. The second-order valence-electron chi connectivity index (χ2n) is 14.0. The molecule has 2 fully saturated rings. The van der Waals surface area contributed by atoms with Gasteiger partial charge >= 0.3 is 6.09 Å². The van der Waals surface area contributed by atoms with Gasteiger partial charge in [-0.25, -0.2) is 14.8 Å². The molecule has 3 atom stereocenters. The van der Waals surface area contributed by atoms with Crippen molar-refractivity contribution < 1.29 is 28.7 Å². The van der Waals surface area contributed by atoms with Crippen LogP contribution in [0.4, 0.5) is 4.79 Å². The Bertz CT molecular complexity index is 1570. The van der Waals surface area contributed by atoms with Crippen molar-refractivity contribution in [2.45, 2.75) is 83.5 Å². The van der Waals surface area contributed by atoms with Gasteiger partial charge in [-0.3, -0.25) is 23.7 Å². The van der Waals surface area contributed by atoms with E-state index in [2.05, 4.69) is 15.3 Å². The molecular weight excluding hydrogens is 626 g/mol. The summed E-state index contributed by atoms with van der Waals surface area (Å²) in [5.41, 5.74) is 0.674. The van der Waals surface area contributed by atoms with Crippen molar-refractivity contribution in [2.75, 3.05) is 39.9 Å². The lowest BCUT2D eigenvalue weighted by molar-refractivity contribution is -0.141. The minimum absolute atomic E-state index is 0.133. The Morgan fingerprint density at radius 3 is 2.51 bits per heavy atom. The van der Waals surface area contributed by atoms with Crippen LogP contribution in [0.1, 0.15) is 69.4 Å². The lowest BCUT2D eigenvalue weighted by atomic mass is 9.90. The lowest BCUT2D eigenvalue weighted by Crippen LogP contribution is -2.58. The summed E-state index contributed by atoms with van der Waals surface area (Å²) in [5.74, 6) is -0.537. The fraction of sp³-hybridized carbons (Fsp3) is 0.556. The van der Waals surface area contributed by atoms with Crippen molar-refractivity contribution in [3.63, 3.8) is 0 Å². The molecule has 0 spiro atoms. The maximum Gasteiger partial charge on any atom is 0.410 e. The second-order valence-corrected chi connectivity index (χ2v) is 14.0. The molecular formula is C36H49N7O6. The van der Waals surface area contributed by atoms with E-state index in [9.17, 15) is 19.2 Å². The summed E-state index contributed by atoms with van der Waals surface area (Å²) in [6, 6.07) is 9.84. The molecule has 0 bridgehead atoms. The smallest absolute Gasteiger partial charge is 0.410 e. The summed E-state index contributed by atoms with van der Waals surface area (Å²) in [7, 11) is 1.51. The van der Waals surface area contributed by atoms with Gasteiger partial charge in [0.05, 0.1) is 0 Å². The van der Waals surface area contributed by atoms with E-state index in [1.807, 2.05) is 35.2 Å². The van der Waals surface area contributed by atoms with Gasteiger partial charge in [0.15, 0.2) is 0 Å². The molecule has 49 heavy (non-hydrogen) atoms. The number of imidazole rings is 1. The van der Waals surface area contributed by atoms with Gasteiger partial charge in [0.1, 0.15) is 23.4 Å². The third-order valence-electron chi connectivity index (χ3n) is 9.29. The summed E-state index contributed by atoms with van der Waals surface area (Å²) in [5, 5.41) is 3.01. The number of carbonyl (C=O) groups is 4. The van der Waals surface area contributed by atoms with Gasteiger partial charge in [-0.2, -0.15) is 0 Å². The highest BCUT2D eigenvalue weighted by Gasteiger charge is 2.40. The van der Waals surface area contributed by atoms with Crippen LogP contribution in [0.15, 0.2) is 55.0 Å². The quantitative estimate of drug-likeness (QED) is 0.326. The number of fused-ring (bicyclic) bond motifs is 1. The molecule has 264 valence electrons. The van der Waals surface area contributed by atoms with E-state index in [1.165, 1.54) is 11.9 Å². The molecule has 3 aromatic rings. The Balaban J connectivity index is 1.34. The van der Waals surface area contributed by atoms with E-state index in [0.717, 1.165) is 18.4 Å². The highest BCUT2D eigenvalue weighted by molar-refractivity contribution is 5.93. The Hall–Kier alpha value is -4.52. The van der Waals surface area contributed by atoms with Gasteiger partial charge in [-0.05, 0) is 77.3 Å². The lowest BCUT2D eigenvalue weighted by Gasteiger charge is -2.37. The predicted octanol–water partition coefficient (Wildman–Crippen LogP) is 3.57. The molecule has 2 aliphatic rings. The molecule has 13 nitrogen and oxygen atoms in total. The molecule has 1 aromatic carbocycles.